The summed E-state index contributed by atoms with van der Waals surface area (Å²) in [5.74, 6) is -1.06. The lowest BCUT2D eigenvalue weighted by Crippen LogP contribution is -2.13. The Hall–Kier alpha value is -4.11. The number of halogens is 2. The number of carbonyl (C=O) groups excluding carboxylic acids is 1. The van der Waals surface area contributed by atoms with Crippen LogP contribution in [0.2, 0.25) is 0 Å². The number of nitrogens with zero attached hydrogens (tertiary/aromatic N) is 3. The first-order chi connectivity index (χ1) is 16.5. The van der Waals surface area contributed by atoms with E-state index in [9.17, 15) is 13.6 Å². The van der Waals surface area contributed by atoms with Crippen LogP contribution in [-0.2, 0) is 4.74 Å². The topological polar surface area (TPSA) is 78.3 Å². The summed E-state index contributed by atoms with van der Waals surface area (Å²) < 4.78 is 39.7. The van der Waals surface area contributed by atoms with Crippen molar-refractivity contribution in [2.75, 3.05) is 25.1 Å². The molecule has 0 saturated heterocycles. The van der Waals surface area contributed by atoms with Crippen molar-refractivity contribution >= 4 is 11.6 Å². The van der Waals surface area contributed by atoms with E-state index in [-0.39, 0.29) is 24.0 Å². The van der Waals surface area contributed by atoms with Crippen molar-refractivity contribution in [2.24, 2.45) is 0 Å². The number of amides is 1. The van der Waals surface area contributed by atoms with Gasteiger partial charge in [0.15, 0.2) is 5.82 Å². The molecule has 0 aliphatic carbocycles. The minimum Gasteiger partial charge on any atom is -0.460 e. The molecule has 0 spiro atoms. The third kappa shape index (κ3) is 5.44. The van der Waals surface area contributed by atoms with Crippen molar-refractivity contribution < 1.29 is 23.0 Å². The van der Waals surface area contributed by atoms with Crippen molar-refractivity contribution in [1.82, 2.24) is 14.8 Å². The van der Waals surface area contributed by atoms with Gasteiger partial charge in [0.05, 0.1) is 17.9 Å². The number of aromatic nitrogens is 3. The number of rotatable bonds is 9. The standard InChI is InChI=1S/C25H22F2N4O3/c1-2-33-15-16-34-25-29-23(17-7-9-18(26)10-8-17)31(30-25)20-13-11-19(12-14-20)28-24(32)21-5-3-4-6-22(21)27/h3-14H,2,15-16H2,1H3,(H,28,32). The molecule has 1 heterocycles. The average Bonchev–Trinajstić information content (AvgIpc) is 3.27. The van der Waals surface area contributed by atoms with E-state index in [1.807, 2.05) is 6.92 Å². The van der Waals surface area contributed by atoms with E-state index in [1.165, 1.54) is 30.3 Å². The van der Waals surface area contributed by atoms with E-state index in [2.05, 4.69) is 15.4 Å². The summed E-state index contributed by atoms with van der Waals surface area (Å²) in [6.07, 6.45) is 0. The minimum atomic E-state index is -0.597. The van der Waals surface area contributed by atoms with Crippen LogP contribution >= 0.6 is 0 Å². The lowest BCUT2D eigenvalue weighted by Gasteiger charge is -2.09. The van der Waals surface area contributed by atoms with Gasteiger partial charge in [0, 0.05) is 17.9 Å². The van der Waals surface area contributed by atoms with Gasteiger partial charge in [-0.3, -0.25) is 4.79 Å². The molecule has 0 aliphatic heterocycles. The first-order valence-electron chi connectivity index (χ1n) is 10.6. The molecule has 0 bridgehead atoms. The summed E-state index contributed by atoms with van der Waals surface area (Å²) in [5, 5.41) is 7.09. The predicted octanol–water partition coefficient (Wildman–Crippen LogP) is 4.88. The molecule has 0 atom stereocenters. The number of carbonyl (C=O) groups is 1. The third-order valence-electron chi connectivity index (χ3n) is 4.84. The number of benzene rings is 3. The highest BCUT2D eigenvalue weighted by atomic mass is 19.1. The summed E-state index contributed by atoms with van der Waals surface area (Å²) in [4.78, 5) is 16.8. The molecule has 7 nitrogen and oxygen atoms in total. The van der Waals surface area contributed by atoms with Crippen LogP contribution in [-0.4, -0.2) is 40.5 Å². The molecule has 0 radical (unpaired) electrons. The van der Waals surface area contributed by atoms with Crippen molar-refractivity contribution in [3.63, 3.8) is 0 Å². The molecule has 0 aliphatic rings. The fraction of sp³-hybridized carbons (Fsp3) is 0.160. The highest BCUT2D eigenvalue weighted by Gasteiger charge is 2.16. The SMILES string of the molecule is CCOCCOc1nc(-c2ccc(F)cc2)n(-c2ccc(NC(=O)c3ccccc3F)cc2)n1. The molecule has 4 rings (SSSR count). The van der Waals surface area contributed by atoms with Gasteiger partial charge in [-0.2, -0.15) is 4.98 Å². The Morgan fingerprint density at radius 3 is 2.41 bits per heavy atom. The third-order valence-corrected chi connectivity index (χ3v) is 4.84. The lowest BCUT2D eigenvalue weighted by molar-refractivity contribution is 0.102. The number of nitrogens with one attached hydrogen (secondary N) is 1. The quantitative estimate of drug-likeness (QED) is 0.357. The molecule has 0 saturated carbocycles. The van der Waals surface area contributed by atoms with Gasteiger partial charge in [-0.15, -0.1) is 5.10 Å². The summed E-state index contributed by atoms with van der Waals surface area (Å²) in [5.41, 5.74) is 1.71. The van der Waals surface area contributed by atoms with E-state index in [1.54, 1.807) is 47.1 Å². The summed E-state index contributed by atoms with van der Waals surface area (Å²) in [7, 11) is 0. The molecule has 1 aromatic heterocycles. The average molecular weight is 464 g/mol. The molecule has 3 aromatic carbocycles. The Bertz CT molecular complexity index is 1260. The normalized spacial score (nSPS) is 10.8. The molecule has 0 fully saturated rings. The zero-order chi connectivity index (χ0) is 23.9. The van der Waals surface area contributed by atoms with Gasteiger partial charge < -0.3 is 14.8 Å². The molecule has 174 valence electrons. The van der Waals surface area contributed by atoms with Crippen LogP contribution in [0.5, 0.6) is 6.01 Å². The molecule has 34 heavy (non-hydrogen) atoms. The Labute approximate surface area is 195 Å². The molecule has 4 aromatic rings. The van der Waals surface area contributed by atoms with Gasteiger partial charge in [0.25, 0.3) is 5.91 Å². The molecule has 1 amide bonds. The van der Waals surface area contributed by atoms with Crippen LogP contribution in [0, 0.1) is 11.6 Å². The summed E-state index contributed by atoms with van der Waals surface area (Å²) >= 11 is 0. The highest BCUT2D eigenvalue weighted by Crippen LogP contribution is 2.25. The Morgan fingerprint density at radius 1 is 0.971 bits per heavy atom. The van der Waals surface area contributed by atoms with Gasteiger partial charge in [0.1, 0.15) is 18.2 Å². The number of hydrogen-bond acceptors (Lipinski definition) is 5. The maximum atomic E-state index is 13.9. The fourth-order valence-electron chi connectivity index (χ4n) is 3.19. The molecular formula is C25H22F2N4O3. The van der Waals surface area contributed by atoms with Crippen LogP contribution in [0.25, 0.3) is 17.1 Å². The van der Waals surface area contributed by atoms with Crippen LogP contribution < -0.4 is 10.1 Å². The molecule has 0 unspecified atom stereocenters. The second kappa shape index (κ2) is 10.7. The van der Waals surface area contributed by atoms with E-state index in [0.29, 0.717) is 36.0 Å². The minimum absolute atomic E-state index is 0.0460. The maximum Gasteiger partial charge on any atom is 0.336 e. The van der Waals surface area contributed by atoms with Crippen LogP contribution in [0.1, 0.15) is 17.3 Å². The van der Waals surface area contributed by atoms with Crippen molar-refractivity contribution in [3.05, 3.63) is 90.0 Å². The number of hydrogen-bond donors (Lipinski definition) is 1. The Balaban J connectivity index is 1.58. The van der Waals surface area contributed by atoms with Crippen LogP contribution in [0.3, 0.4) is 0 Å². The van der Waals surface area contributed by atoms with Gasteiger partial charge in [-0.05, 0) is 67.6 Å². The smallest absolute Gasteiger partial charge is 0.336 e. The highest BCUT2D eigenvalue weighted by molar-refractivity contribution is 6.04. The molecule has 9 heteroatoms. The van der Waals surface area contributed by atoms with Crippen molar-refractivity contribution in [3.8, 4) is 23.1 Å². The summed E-state index contributed by atoms with van der Waals surface area (Å²) in [6, 6.07) is 18.6. The fourth-order valence-corrected chi connectivity index (χ4v) is 3.19. The van der Waals surface area contributed by atoms with E-state index < -0.39 is 11.7 Å². The van der Waals surface area contributed by atoms with E-state index in [0.717, 1.165) is 0 Å². The van der Waals surface area contributed by atoms with E-state index >= 15 is 0 Å². The first-order valence-corrected chi connectivity index (χ1v) is 10.6. The van der Waals surface area contributed by atoms with Gasteiger partial charge in [-0.1, -0.05) is 12.1 Å². The van der Waals surface area contributed by atoms with Gasteiger partial charge in [0.2, 0.25) is 0 Å². The predicted molar refractivity (Wildman–Crippen MR) is 123 cm³/mol. The Kier molecular flexibility index (Phi) is 7.24. The lowest BCUT2D eigenvalue weighted by atomic mass is 10.2. The second-order valence-electron chi connectivity index (χ2n) is 7.16. The summed E-state index contributed by atoms with van der Waals surface area (Å²) in [6.45, 7) is 3.14. The number of anilines is 1. The zero-order valence-corrected chi connectivity index (χ0v) is 18.4. The van der Waals surface area contributed by atoms with Crippen LogP contribution in [0.4, 0.5) is 14.5 Å². The Morgan fingerprint density at radius 2 is 1.71 bits per heavy atom. The first kappa shape index (κ1) is 23.1. The van der Waals surface area contributed by atoms with E-state index in [4.69, 9.17) is 9.47 Å². The van der Waals surface area contributed by atoms with Crippen molar-refractivity contribution in [1.29, 1.82) is 0 Å². The monoisotopic (exact) mass is 464 g/mol. The molecular weight excluding hydrogens is 442 g/mol. The second-order valence-corrected chi connectivity index (χ2v) is 7.16. The molecule has 1 N–H and O–H groups in total. The van der Waals surface area contributed by atoms with Gasteiger partial charge >= 0.3 is 6.01 Å². The maximum absolute atomic E-state index is 13.9. The van der Waals surface area contributed by atoms with Crippen molar-refractivity contribution in [2.45, 2.75) is 6.92 Å². The van der Waals surface area contributed by atoms with Gasteiger partial charge in [-0.25, -0.2) is 13.5 Å². The zero-order valence-electron chi connectivity index (χ0n) is 18.4. The van der Waals surface area contributed by atoms with Crippen LogP contribution in [0.15, 0.2) is 72.8 Å². The number of ether oxygens (including phenoxy) is 2. The largest absolute Gasteiger partial charge is 0.460 e.